The van der Waals surface area contributed by atoms with Gasteiger partial charge in [-0.15, -0.1) is 0 Å². The zero-order chi connectivity index (χ0) is 19.6. The van der Waals surface area contributed by atoms with Gasteiger partial charge in [0.05, 0.1) is 0 Å². The first-order valence-electron chi connectivity index (χ1n) is 9.36. The van der Waals surface area contributed by atoms with Gasteiger partial charge < -0.3 is 10.2 Å². The van der Waals surface area contributed by atoms with Crippen LogP contribution in [-0.2, 0) is 22.6 Å². The number of benzene rings is 2. The summed E-state index contributed by atoms with van der Waals surface area (Å²) in [5.74, 6) is -0.122. The molecule has 144 valence electrons. The molecule has 2 aromatic rings. The maximum absolute atomic E-state index is 12.9. The summed E-state index contributed by atoms with van der Waals surface area (Å²) in [4.78, 5) is 27.1. The molecule has 0 saturated carbocycles. The third-order valence-corrected chi connectivity index (χ3v) is 4.98. The number of nitrogens with one attached hydrogen (secondary N) is 1. The quantitative estimate of drug-likeness (QED) is 0.643. The highest BCUT2D eigenvalue weighted by molar-refractivity contribution is 9.10. The van der Waals surface area contributed by atoms with Crippen LogP contribution in [0.2, 0.25) is 0 Å². The van der Waals surface area contributed by atoms with Crippen molar-refractivity contribution in [1.29, 1.82) is 0 Å². The van der Waals surface area contributed by atoms with Crippen LogP contribution in [0.4, 0.5) is 0 Å². The van der Waals surface area contributed by atoms with E-state index in [9.17, 15) is 9.59 Å². The zero-order valence-corrected chi connectivity index (χ0v) is 17.5. The highest BCUT2D eigenvalue weighted by Crippen LogP contribution is 2.16. The number of carbonyl (C=O) groups excluding carboxylic acids is 2. The zero-order valence-electron chi connectivity index (χ0n) is 16.0. The fourth-order valence-electron chi connectivity index (χ4n) is 2.80. The molecule has 0 heterocycles. The Labute approximate surface area is 170 Å². The van der Waals surface area contributed by atoms with E-state index in [-0.39, 0.29) is 11.8 Å². The van der Waals surface area contributed by atoms with Crippen molar-refractivity contribution in [1.82, 2.24) is 10.2 Å². The topological polar surface area (TPSA) is 49.4 Å². The summed E-state index contributed by atoms with van der Waals surface area (Å²) in [5, 5.41) is 2.90. The fraction of sp³-hybridized carbons (Fsp3) is 0.364. The molecule has 2 amide bonds. The predicted octanol–water partition coefficient (Wildman–Crippen LogP) is 4.33. The van der Waals surface area contributed by atoms with Crippen molar-refractivity contribution in [2.75, 3.05) is 6.54 Å². The largest absolute Gasteiger partial charge is 0.354 e. The second-order valence-electron chi connectivity index (χ2n) is 6.60. The minimum atomic E-state index is -0.511. The third kappa shape index (κ3) is 6.83. The Balaban J connectivity index is 2.10. The Morgan fingerprint density at radius 1 is 1.04 bits per heavy atom. The summed E-state index contributed by atoms with van der Waals surface area (Å²) in [6, 6.07) is 17.3. The Bertz CT molecular complexity index is 732. The molecule has 0 spiro atoms. The van der Waals surface area contributed by atoms with Crippen LogP contribution in [0.1, 0.15) is 37.8 Å². The molecule has 0 saturated heterocycles. The molecule has 5 heteroatoms. The van der Waals surface area contributed by atoms with E-state index in [1.165, 1.54) is 0 Å². The van der Waals surface area contributed by atoms with E-state index in [0.717, 1.165) is 22.0 Å². The van der Waals surface area contributed by atoms with Crippen molar-refractivity contribution < 1.29 is 9.59 Å². The van der Waals surface area contributed by atoms with Crippen molar-refractivity contribution in [3.63, 3.8) is 0 Å². The first-order chi connectivity index (χ1) is 13.0. The molecule has 1 N–H and O–H groups in total. The van der Waals surface area contributed by atoms with Crippen LogP contribution in [0, 0.1) is 0 Å². The summed E-state index contributed by atoms with van der Waals surface area (Å²) in [7, 11) is 0. The maximum atomic E-state index is 12.9. The second-order valence-corrected chi connectivity index (χ2v) is 7.52. The number of aryl methyl sites for hydroxylation is 1. The molecule has 1 atom stereocenters. The van der Waals surface area contributed by atoms with E-state index in [1.807, 2.05) is 61.5 Å². The maximum Gasteiger partial charge on any atom is 0.242 e. The van der Waals surface area contributed by atoms with Crippen molar-refractivity contribution in [3.8, 4) is 0 Å². The molecule has 0 radical (unpaired) electrons. The normalized spacial score (nSPS) is 11.7. The molecular weight excluding hydrogens is 404 g/mol. The van der Waals surface area contributed by atoms with Crippen LogP contribution >= 0.6 is 15.9 Å². The first kappa shape index (κ1) is 21.2. The number of nitrogens with zero attached hydrogens (tertiary/aromatic N) is 1. The smallest absolute Gasteiger partial charge is 0.242 e. The number of rotatable bonds is 9. The van der Waals surface area contributed by atoms with Gasteiger partial charge in [0.1, 0.15) is 6.04 Å². The summed E-state index contributed by atoms with van der Waals surface area (Å²) in [6.07, 6.45) is 1.92. The van der Waals surface area contributed by atoms with Crippen LogP contribution in [0.5, 0.6) is 0 Å². The number of carbonyl (C=O) groups is 2. The Morgan fingerprint density at radius 2 is 1.70 bits per heavy atom. The van der Waals surface area contributed by atoms with E-state index in [2.05, 4.69) is 21.2 Å². The van der Waals surface area contributed by atoms with Gasteiger partial charge in [0, 0.05) is 24.0 Å². The molecule has 0 aromatic heterocycles. The molecule has 0 bridgehead atoms. The average Bonchev–Trinajstić information content (AvgIpc) is 2.70. The van der Waals surface area contributed by atoms with E-state index < -0.39 is 6.04 Å². The van der Waals surface area contributed by atoms with Crippen LogP contribution in [-0.4, -0.2) is 29.3 Å². The third-order valence-electron chi connectivity index (χ3n) is 4.45. The van der Waals surface area contributed by atoms with E-state index in [4.69, 9.17) is 0 Å². The predicted molar refractivity (Wildman–Crippen MR) is 112 cm³/mol. The Kier molecular flexibility index (Phi) is 8.52. The summed E-state index contributed by atoms with van der Waals surface area (Å²) in [6.45, 7) is 4.84. The molecular formula is C22H27BrN2O2. The Hall–Kier alpha value is -2.14. The van der Waals surface area contributed by atoms with Gasteiger partial charge in [0.25, 0.3) is 0 Å². The van der Waals surface area contributed by atoms with Gasteiger partial charge in [-0.25, -0.2) is 0 Å². The molecule has 27 heavy (non-hydrogen) atoms. The number of hydrogen-bond donors (Lipinski definition) is 1. The lowest BCUT2D eigenvalue weighted by atomic mass is 10.1. The summed E-state index contributed by atoms with van der Waals surface area (Å²) < 4.78 is 0.988. The number of halogens is 1. The average molecular weight is 431 g/mol. The minimum Gasteiger partial charge on any atom is -0.354 e. The standard InChI is InChI=1S/C22H27BrN2O2/c1-3-15-24-22(27)17(2)25(16-19-9-12-20(23)13-10-19)21(26)14-11-18-7-5-4-6-8-18/h4-10,12-13,17H,3,11,14-16H2,1-2H3,(H,24,27)/t17-/m1/s1. The molecule has 0 unspecified atom stereocenters. The van der Waals surface area contributed by atoms with Gasteiger partial charge in [-0.1, -0.05) is 65.3 Å². The van der Waals surface area contributed by atoms with Gasteiger partial charge in [-0.3, -0.25) is 9.59 Å². The van der Waals surface area contributed by atoms with Crippen molar-refractivity contribution >= 4 is 27.7 Å². The van der Waals surface area contributed by atoms with Crippen molar-refractivity contribution in [3.05, 3.63) is 70.2 Å². The van der Waals surface area contributed by atoms with Crippen LogP contribution in [0.25, 0.3) is 0 Å². The monoisotopic (exact) mass is 430 g/mol. The SMILES string of the molecule is CCCNC(=O)[C@@H](C)N(Cc1ccc(Br)cc1)C(=O)CCc1ccccc1. The van der Waals surface area contributed by atoms with Gasteiger partial charge in [0.2, 0.25) is 11.8 Å². The van der Waals surface area contributed by atoms with E-state index in [0.29, 0.717) is 25.9 Å². The van der Waals surface area contributed by atoms with Gasteiger partial charge in [-0.05, 0) is 43.0 Å². The lowest BCUT2D eigenvalue weighted by Gasteiger charge is -2.29. The second kappa shape index (κ2) is 10.9. The lowest BCUT2D eigenvalue weighted by Crippen LogP contribution is -2.47. The van der Waals surface area contributed by atoms with Crippen molar-refractivity contribution in [2.45, 2.75) is 45.7 Å². The van der Waals surface area contributed by atoms with Crippen LogP contribution in [0.3, 0.4) is 0 Å². The summed E-state index contributed by atoms with van der Waals surface area (Å²) >= 11 is 3.43. The fourth-order valence-corrected chi connectivity index (χ4v) is 3.07. The molecule has 2 rings (SSSR count). The van der Waals surface area contributed by atoms with E-state index >= 15 is 0 Å². The van der Waals surface area contributed by atoms with Crippen LogP contribution < -0.4 is 5.32 Å². The van der Waals surface area contributed by atoms with E-state index in [1.54, 1.807) is 11.8 Å². The molecule has 0 aliphatic heterocycles. The molecule has 2 aromatic carbocycles. The van der Waals surface area contributed by atoms with Gasteiger partial charge in [0.15, 0.2) is 0 Å². The minimum absolute atomic E-state index is 0.0130. The first-order valence-corrected chi connectivity index (χ1v) is 10.2. The Morgan fingerprint density at radius 3 is 2.33 bits per heavy atom. The summed E-state index contributed by atoms with van der Waals surface area (Å²) in [5.41, 5.74) is 2.12. The molecule has 0 aliphatic carbocycles. The highest BCUT2D eigenvalue weighted by atomic mass is 79.9. The van der Waals surface area contributed by atoms with Gasteiger partial charge in [-0.2, -0.15) is 0 Å². The lowest BCUT2D eigenvalue weighted by molar-refractivity contribution is -0.140. The molecule has 4 nitrogen and oxygen atoms in total. The number of amides is 2. The van der Waals surface area contributed by atoms with Crippen molar-refractivity contribution in [2.24, 2.45) is 0 Å². The van der Waals surface area contributed by atoms with Gasteiger partial charge >= 0.3 is 0 Å². The molecule has 0 fully saturated rings. The number of hydrogen-bond acceptors (Lipinski definition) is 2. The van der Waals surface area contributed by atoms with Crippen LogP contribution in [0.15, 0.2) is 59.1 Å². The molecule has 0 aliphatic rings. The highest BCUT2D eigenvalue weighted by Gasteiger charge is 2.25.